The smallest absolute Gasteiger partial charge is 0.227 e. The number of nitrogens with zero attached hydrogens (tertiary/aromatic N) is 2. The van der Waals surface area contributed by atoms with E-state index in [1.165, 1.54) is 5.56 Å². The first kappa shape index (κ1) is 19.4. The summed E-state index contributed by atoms with van der Waals surface area (Å²) in [4.78, 5) is 30.2. The molecule has 1 aromatic heterocycles. The van der Waals surface area contributed by atoms with Crippen LogP contribution in [0.15, 0.2) is 48.8 Å². The molecule has 6 heteroatoms. The average molecular weight is 386 g/mol. The monoisotopic (exact) mass is 385 g/mol. The van der Waals surface area contributed by atoms with Gasteiger partial charge in [-0.1, -0.05) is 29.8 Å². The summed E-state index contributed by atoms with van der Waals surface area (Å²) in [5.41, 5.74) is 7.17. The molecular weight excluding hydrogens is 362 g/mol. The second-order valence-electron chi connectivity index (χ2n) is 7.27. The molecule has 1 saturated heterocycles. The Bertz CT molecular complexity index is 787. The SMILES string of the molecule is NC(=O)C1(Cc2ccc(Cl)cc2)CN(C(=O)CCCCc2cccnc2)C1. The highest BCUT2D eigenvalue weighted by Gasteiger charge is 2.49. The number of amides is 2. The van der Waals surface area contributed by atoms with Crippen molar-refractivity contribution in [3.63, 3.8) is 0 Å². The molecule has 0 atom stereocenters. The predicted octanol–water partition coefficient (Wildman–Crippen LogP) is 3.00. The van der Waals surface area contributed by atoms with Crippen LogP contribution in [0.1, 0.15) is 30.4 Å². The van der Waals surface area contributed by atoms with Crippen molar-refractivity contribution < 1.29 is 9.59 Å². The van der Waals surface area contributed by atoms with Crippen molar-refractivity contribution in [2.24, 2.45) is 11.1 Å². The fraction of sp³-hybridized carbons (Fsp3) is 0.381. The number of halogens is 1. The Morgan fingerprint density at radius 1 is 1.11 bits per heavy atom. The van der Waals surface area contributed by atoms with E-state index in [4.69, 9.17) is 17.3 Å². The highest BCUT2D eigenvalue weighted by atomic mass is 35.5. The third kappa shape index (κ3) is 4.86. The minimum atomic E-state index is -0.667. The molecule has 0 radical (unpaired) electrons. The molecule has 2 heterocycles. The first-order valence-corrected chi connectivity index (χ1v) is 9.57. The van der Waals surface area contributed by atoms with E-state index in [2.05, 4.69) is 4.98 Å². The van der Waals surface area contributed by atoms with Gasteiger partial charge in [-0.25, -0.2) is 0 Å². The van der Waals surface area contributed by atoms with Crippen molar-refractivity contribution in [2.75, 3.05) is 13.1 Å². The van der Waals surface area contributed by atoms with Crippen molar-refractivity contribution in [1.82, 2.24) is 9.88 Å². The highest BCUT2D eigenvalue weighted by molar-refractivity contribution is 6.30. The van der Waals surface area contributed by atoms with Crippen LogP contribution < -0.4 is 5.73 Å². The van der Waals surface area contributed by atoms with Crippen molar-refractivity contribution in [1.29, 1.82) is 0 Å². The number of aryl methyl sites for hydroxylation is 1. The van der Waals surface area contributed by atoms with Crippen LogP contribution in [0.2, 0.25) is 5.02 Å². The standard InChI is InChI=1S/C21H24ClN3O2/c22-18-9-7-16(8-10-18)12-21(20(23)27)14-25(15-21)19(26)6-2-1-4-17-5-3-11-24-13-17/h3,5,7-11,13H,1-2,4,6,12,14-15H2,(H2,23,27). The third-order valence-electron chi connectivity index (χ3n) is 5.15. The number of rotatable bonds is 8. The molecule has 1 fully saturated rings. The number of likely N-dealkylation sites (tertiary alicyclic amines) is 1. The van der Waals surface area contributed by atoms with Gasteiger partial charge in [0.1, 0.15) is 0 Å². The molecule has 0 aliphatic carbocycles. The summed E-state index contributed by atoms with van der Waals surface area (Å²) in [6.07, 6.45) is 7.33. The molecule has 2 N–H and O–H groups in total. The van der Waals surface area contributed by atoms with Gasteiger partial charge in [-0.3, -0.25) is 14.6 Å². The molecule has 0 bridgehead atoms. The van der Waals surface area contributed by atoms with Crippen molar-refractivity contribution >= 4 is 23.4 Å². The number of primary amides is 1. The molecule has 142 valence electrons. The normalized spacial score (nSPS) is 15.2. The second kappa shape index (κ2) is 8.53. The first-order valence-electron chi connectivity index (χ1n) is 9.20. The fourth-order valence-corrected chi connectivity index (χ4v) is 3.64. The van der Waals surface area contributed by atoms with Gasteiger partial charge in [0.05, 0.1) is 5.41 Å². The number of nitrogens with two attached hydrogens (primary N) is 1. The minimum Gasteiger partial charge on any atom is -0.369 e. The largest absolute Gasteiger partial charge is 0.369 e. The van der Waals surface area contributed by atoms with E-state index in [0.717, 1.165) is 24.8 Å². The van der Waals surface area contributed by atoms with Gasteiger partial charge in [0, 0.05) is 36.9 Å². The quantitative estimate of drug-likeness (QED) is 0.709. The van der Waals surface area contributed by atoms with E-state index >= 15 is 0 Å². The van der Waals surface area contributed by atoms with Crippen LogP contribution in [0.5, 0.6) is 0 Å². The van der Waals surface area contributed by atoms with Crippen molar-refractivity contribution in [2.45, 2.75) is 32.1 Å². The van der Waals surface area contributed by atoms with Gasteiger partial charge in [-0.2, -0.15) is 0 Å². The van der Waals surface area contributed by atoms with Gasteiger partial charge < -0.3 is 10.6 Å². The summed E-state index contributed by atoms with van der Waals surface area (Å²) in [5, 5.41) is 0.656. The van der Waals surface area contributed by atoms with Gasteiger partial charge in [0.15, 0.2) is 0 Å². The Morgan fingerprint density at radius 3 is 2.48 bits per heavy atom. The first-order chi connectivity index (χ1) is 13.0. The zero-order chi connectivity index (χ0) is 19.3. The maximum atomic E-state index is 12.4. The molecular formula is C21H24ClN3O2. The maximum absolute atomic E-state index is 12.4. The number of hydrogen-bond donors (Lipinski definition) is 1. The Morgan fingerprint density at radius 2 is 1.85 bits per heavy atom. The fourth-order valence-electron chi connectivity index (χ4n) is 3.52. The lowest BCUT2D eigenvalue weighted by Gasteiger charge is -2.48. The lowest BCUT2D eigenvalue weighted by molar-refractivity contribution is -0.151. The van der Waals surface area contributed by atoms with Crippen LogP contribution >= 0.6 is 11.6 Å². The highest BCUT2D eigenvalue weighted by Crippen LogP contribution is 2.35. The van der Waals surface area contributed by atoms with E-state index in [1.807, 2.05) is 30.5 Å². The molecule has 1 aliphatic heterocycles. The zero-order valence-electron chi connectivity index (χ0n) is 15.2. The van der Waals surface area contributed by atoms with E-state index in [-0.39, 0.29) is 11.8 Å². The van der Waals surface area contributed by atoms with E-state index in [0.29, 0.717) is 31.0 Å². The molecule has 27 heavy (non-hydrogen) atoms. The molecule has 5 nitrogen and oxygen atoms in total. The lowest BCUT2D eigenvalue weighted by Crippen LogP contribution is -2.64. The van der Waals surface area contributed by atoms with Gasteiger partial charge in [0.2, 0.25) is 11.8 Å². The van der Waals surface area contributed by atoms with Crippen molar-refractivity contribution in [3.8, 4) is 0 Å². The van der Waals surface area contributed by atoms with Crippen LogP contribution in [0.3, 0.4) is 0 Å². The van der Waals surface area contributed by atoms with Gasteiger partial charge in [0.25, 0.3) is 0 Å². The third-order valence-corrected chi connectivity index (χ3v) is 5.40. The molecule has 2 aromatic rings. The zero-order valence-corrected chi connectivity index (χ0v) is 16.0. The van der Waals surface area contributed by atoms with Crippen LogP contribution in [0, 0.1) is 5.41 Å². The van der Waals surface area contributed by atoms with E-state index in [1.54, 1.807) is 23.2 Å². The van der Waals surface area contributed by atoms with Gasteiger partial charge >= 0.3 is 0 Å². The molecule has 1 aromatic carbocycles. The van der Waals surface area contributed by atoms with Crippen molar-refractivity contribution in [3.05, 3.63) is 64.9 Å². The predicted molar refractivity (Wildman–Crippen MR) is 105 cm³/mol. The Balaban J connectivity index is 1.46. The summed E-state index contributed by atoms with van der Waals surface area (Å²) in [6.45, 7) is 0.790. The number of hydrogen-bond acceptors (Lipinski definition) is 3. The van der Waals surface area contributed by atoms with Crippen LogP contribution in [0.4, 0.5) is 0 Å². The maximum Gasteiger partial charge on any atom is 0.227 e. The number of carbonyl (C=O) groups excluding carboxylic acids is 2. The minimum absolute atomic E-state index is 0.0918. The summed E-state index contributed by atoms with van der Waals surface area (Å²) in [7, 11) is 0. The van der Waals surface area contributed by atoms with Crippen LogP contribution in [-0.2, 0) is 22.4 Å². The summed E-state index contributed by atoms with van der Waals surface area (Å²) >= 11 is 5.91. The second-order valence-corrected chi connectivity index (χ2v) is 7.70. The number of unbranched alkanes of at least 4 members (excludes halogenated alkanes) is 1. The van der Waals surface area contributed by atoms with Crippen LogP contribution in [-0.4, -0.2) is 34.8 Å². The lowest BCUT2D eigenvalue weighted by atomic mass is 9.74. The molecule has 1 aliphatic rings. The topological polar surface area (TPSA) is 76.3 Å². The number of pyridine rings is 1. The molecule has 0 unspecified atom stereocenters. The number of aromatic nitrogens is 1. The average Bonchev–Trinajstić information content (AvgIpc) is 2.63. The summed E-state index contributed by atoms with van der Waals surface area (Å²) < 4.78 is 0. The molecule has 2 amide bonds. The van der Waals surface area contributed by atoms with Crippen LogP contribution in [0.25, 0.3) is 0 Å². The summed E-state index contributed by atoms with van der Waals surface area (Å²) in [5.74, 6) is -0.257. The van der Waals surface area contributed by atoms with E-state index in [9.17, 15) is 9.59 Å². The Hall–Kier alpha value is -2.40. The van der Waals surface area contributed by atoms with E-state index < -0.39 is 5.41 Å². The molecule has 0 saturated carbocycles. The Labute approximate surface area is 164 Å². The molecule has 3 rings (SSSR count). The van der Waals surface area contributed by atoms with Gasteiger partial charge in [-0.15, -0.1) is 0 Å². The number of carbonyl (C=O) groups is 2. The van der Waals surface area contributed by atoms with Gasteiger partial charge in [-0.05, 0) is 55.0 Å². The molecule has 0 spiro atoms. The summed E-state index contributed by atoms with van der Waals surface area (Å²) in [6, 6.07) is 11.4. The Kier molecular flexibility index (Phi) is 6.11. The number of benzene rings is 1.